The van der Waals surface area contributed by atoms with Gasteiger partial charge in [0.1, 0.15) is 0 Å². The molecule has 1 heterocycles. The number of nitrogens with zero attached hydrogens (tertiary/aromatic N) is 1. The number of H-pyrrole nitrogens is 1. The fourth-order valence-corrected chi connectivity index (χ4v) is 2.49. The van der Waals surface area contributed by atoms with Gasteiger partial charge in [-0.15, -0.1) is 11.6 Å². The molecule has 12 heavy (non-hydrogen) atoms. The van der Waals surface area contributed by atoms with Crippen molar-refractivity contribution in [1.29, 1.82) is 0 Å². The first-order valence-electron chi connectivity index (χ1n) is 4.25. The van der Waals surface area contributed by atoms with Crippen molar-refractivity contribution < 1.29 is 0 Å². The van der Waals surface area contributed by atoms with Gasteiger partial charge in [-0.3, -0.25) is 5.10 Å². The van der Waals surface area contributed by atoms with Gasteiger partial charge in [0, 0.05) is 11.3 Å². The number of rotatable bonds is 0. The first-order valence-corrected chi connectivity index (χ1v) is 4.68. The zero-order valence-electron chi connectivity index (χ0n) is 7.39. The van der Waals surface area contributed by atoms with Gasteiger partial charge in [-0.1, -0.05) is 13.8 Å². The molecule has 0 bridgehead atoms. The highest BCUT2D eigenvalue weighted by molar-refractivity contribution is 6.21. The summed E-state index contributed by atoms with van der Waals surface area (Å²) in [5.41, 5.74) is 2.72. The molecule has 1 atom stereocenters. The summed E-state index contributed by atoms with van der Waals surface area (Å²) >= 11 is 6.21. The molecule has 2 nitrogen and oxygen atoms in total. The van der Waals surface area contributed by atoms with Crippen molar-refractivity contribution in [3.05, 3.63) is 17.5 Å². The maximum absolute atomic E-state index is 6.21. The highest BCUT2D eigenvalue weighted by Crippen LogP contribution is 2.42. The zero-order chi connectivity index (χ0) is 8.77. The summed E-state index contributed by atoms with van der Waals surface area (Å²) in [7, 11) is 0. The number of alkyl halides is 1. The van der Waals surface area contributed by atoms with Crippen LogP contribution in [0.5, 0.6) is 0 Å². The van der Waals surface area contributed by atoms with Crippen LogP contribution in [-0.2, 0) is 6.42 Å². The number of hydrogen-bond donors (Lipinski definition) is 1. The SMILES string of the molecule is CC1(C)Cc2[nH]ncc2C(Cl)C1. The molecule has 0 spiro atoms. The Labute approximate surface area is 77.3 Å². The molecule has 0 saturated heterocycles. The third-order valence-corrected chi connectivity index (χ3v) is 2.87. The summed E-state index contributed by atoms with van der Waals surface area (Å²) in [6.07, 6.45) is 3.95. The Bertz CT molecular complexity index is 290. The van der Waals surface area contributed by atoms with Gasteiger partial charge in [0.05, 0.1) is 11.6 Å². The van der Waals surface area contributed by atoms with E-state index in [-0.39, 0.29) is 5.38 Å². The lowest BCUT2D eigenvalue weighted by Gasteiger charge is -2.31. The third-order valence-electron chi connectivity index (χ3n) is 2.48. The van der Waals surface area contributed by atoms with Crippen LogP contribution >= 0.6 is 11.6 Å². The molecule has 0 amide bonds. The average Bonchev–Trinajstić information content (AvgIpc) is 2.31. The minimum absolute atomic E-state index is 0.141. The number of fused-ring (bicyclic) bond motifs is 1. The van der Waals surface area contributed by atoms with Gasteiger partial charge in [0.15, 0.2) is 0 Å². The molecule has 3 heteroatoms. The van der Waals surface area contributed by atoms with Crippen LogP contribution in [0.25, 0.3) is 0 Å². The van der Waals surface area contributed by atoms with Gasteiger partial charge < -0.3 is 0 Å². The molecule has 2 rings (SSSR count). The van der Waals surface area contributed by atoms with Crippen molar-refractivity contribution in [2.45, 2.75) is 32.1 Å². The van der Waals surface area contributed by atoms with Crippen molar-refractivity contribution >= 4 is 11.6 Å². The van der Waals surface area contributed by atoms with Crippen LogP contribution in [0.2, 0.25) is 0 Å². The van der Waals surface area contributed by atoms with E-state index in [1.807, 2.05) is 6.20 Å². The summed E-state index contributed by atoms with van der Waals surface area (Å²) in [5.74, 6) is 0. The standard InChI is InChI=1S/C9H13ClN2/c1-9(2)3-7(10)6-5-11-12-8(6)4-9/h5,7H,3-4H2,1-2H3,(H,11,12). The van der Waals surface area contributed by atoms with Crippen molar-refractivity contribution in [1.82, 2.24) is 10.2 Å². The molecule has 1 unspecified atom stereocenters. The quantitative estimate of drug-likeness (QED) is 0.617. The third kappa shape index (κ3) is 1.24. The molecule has 0 aliphatic heterocycles. The van der Waals surface area contributed by atoms with Gasteiger partial charge >= 0.3 is 0 Å². The molecule has 1 aromatic rings. The Balaban J connectivity index is 2.38. The van der Waals surface area contributed by atoms with Crippen LogP contribution in [0.1, 0.15) is 36.9 Å². The van der Waals surface area contributed by atoms with Crippen molar-refractivity contribution in [3.8, 4) is 0 Å². The number of aromatic nitrogens is 2. The van der Waals surface area contributed by atoms with E-state index in [0.717, 1.165) is 12.8 Å². The Morgan fingerprint density at radius 3 is 3.17 bits per heavy atom. The largest absolute Gasteiger partial charge is 0.282 e. The predicted octanol–water partition coefficient (Wildman–Crippen LogP) is 2.66. The summed E-state index contributed by atoms with van der Waals surface area (Å²) in [6.45, 7) is 4.48. The topological polar surface area (TPSA) is 28.7 Å². The average molecular weight is 185 g/mol. The van der Waals surface area contributed by atoms with E-state index in [9.17, 15) is 0 Å². The van der Waals surface area contributed by atoms with Crippen LogP contribution in [-0.4, -0.2) is 10.2 Å². The van der Waals surface area contributed by atoms with E-state index in [4.69, 9.17) is 11.6 Å². The van der Waals surface area contributed by atoms with Crippen LogP contribution < -0.4 is 0 Å². The second-order valence-corrected chi connectivity index (χ2v) is 4.84. The van der Waals surface area contributed by atoms with Gasteiger partial charge in [-0.25, -0.2) is 0 Å². The lowest BCUT2D eigenvalue weighted by Crippen LogP contribution is -2.23. The van der Waals surface area contributed by atoms with E-state index in [0.29, 0.717) is 5.41 Å². The number of halogens is 1. The van der Waals surface area contributed by atoms with E-state index in [1.165, 1.54) is 11.3 Å². The Morgan fingerprint density at radius 2 is 2.42 bits per heavy atom. The maximum Gasteiger partial charge on any atom is 0.0624 e. The van der Waals surface area contributed by atoms with Gasteiger partial charge in [-0.2, -0.15) is 5.10 Å². The normalized spacial score (nSPS) is 26.8. The molecule has 66 valence electrons. The first kappa shape index (κ1) is 8.11. The second kappa shape index (κ2) is 2.49. The molecular weight excluding hydrogens is 172 g/mol. The number of hydrogen-bond acceptors (Lipinski definition) is 1. The summed E-state index contributed by atoms with van der Waals surface area (Å²) in [5, 5.41) is 7.16. The minimum atomic E-state index is 0.141. The number of nitrogens with one attached hydrogen (secondary N) is 1. The Kier molecular flexibility index (Phi) is 1.69. The lowest BCUT2D eigenvalue weighted by atomic mass is 9.77. The van der Waals surface area contributed by atoms with Crippen molar-refractivity contribution in [2.75, 3.05) is 0 Å². The highest BCUT2D eigenvalue weighted by atomic mass is 35.5. The summed E-state index contributed by atoms with van der Waals surface area (Å²) in [4.78, 5) is 0. The van der Waals surface area contributed by atoms with E-state index in [1.54, 1.807) is 0 Å². The smallest absolute Gasteiger partial charge is 0.0624 e. The molecule has 1 N–H and O–H groups in total. The molecule has 1 aromatic heterocycles. The molecule has 0 saturated carbocycles. The molecule has 1 aliphatic carbocycles. The highest BCUT2D eigenvalue weighted by Gasteiger charge is 2.32. The van der Waals surface area contributed by atoms with Gasteiger partial charge in [-0.05, 0) is 18.3 Å². The van der Waals surface area contributed by atoms with E-state index >= 15 is 0 Å². The van der Waals surface area contributed by atoms with Gasteiger partial charge in [0.25, 0.3) is 0 Å². The van der Waals surface area contributed by atoms with E-state index in [2.05, 4.69) is 24.0 Å². The predicted molar refractivity (Wildman–Crippen MR) is 49.3 cm³/mol. The number of aromatic amines is 1. The molecular formula is C9H13ClN2. The minimum Gasteiger partial charge on any atom is -0.282 e. The molecule has 0 fully saturated rings. The van der Waals surface area contributed by atoms with E-state index < -0.39 is 0 Å². The lowest BCUT2D eigenvalue weighted by molar-refractivity contribution is 0.307. The first-order chi connectivity index (χ1) is 5.58. The molecule has 0 aromatic carbocycles. The van der Waals surface area contributed by atoms with Crippen LogP contribution in [0.3, 0.4) is 0 Å². The van der Waals surface area contributed by atoms with Crippen molar-refractivity contribution in [2.24, 2.45) is 5.41 Å². The maximum atomic E-state index is 6.21. The monoisotopic (exact) mass is 184 g/mol. The van der Waals surface area contributed by atoms with Crippen LogP contribution in [0.15, 0.2) is 6.20 Å². The van der Waals surface area contributed by atoms with Gasteiger partial charge in [0.2, 0.25) is 0 Å². The second-order valence-electron chi connectivity index (χ2n) is 4.32. The molecule has 0 radical (unpaired) electrons. The van der Waals surface area contributed by atoms with Crippen LogP contribution in [0, 0.1) is 5.41 Å². The Morgan fingerprint density at radius 1 is 1.67 bits per heavy atom. The van der Waals surface area contributed by atoms with Crippen LogP contribution in [0.4, 0.5) is 0 Å². The fourth-order valence-electron chi connectivity index (χ4n) is 1.88. The summed E-state index contributed by atoms with van der Waals surface area (Å²) < 4.78 is 0. The Hall–Kier alpha value is -0.500. The molecule has 1 aliphatic rings. The summed E-state index contributed by atoms with van der Waals surface area (Å²) in [6, 6.07) is 0. The fraction of sp³-hybridized carbons (Fsp3) is 0.667. The van der Waals surface area contributed by atoms with Crippen molar-refractivity contribution in [3.63, 3.8) is 0 Å². The zero-order valence-corrected chi connectivity index (χ0v) is 8.15.